The van der Waals surface area contributed by atoms with Crippen LogP contribution in [0.3, 0.4) is 0 Å². The second-order valence-corrected chi connectivity index (χ2v) is 7.27. The van der Waals surface area contributed by atoms with Gasteiger partial charge in [-0.25, -0.2) is 13.6 Å². The first kappa shape index (κ1) is 17.3. The molecule has 21 heavy (non-hydrogen) atoms. The number of carbonyl (C=O) groups is 1. The van der Waals surface area contributed by atoms with Crippen LogP contribution in [0.15, 0.2) is 23.1 Å². The van der Waals surface area contributed by atoms with Crippen LogP contribution < -0.4 is 21.5 Å². The Morgan fingerprint density at radius 3 is 2.43 bits per heavy atom. The highest BCUT2D eigenvalue weighted by molar-refractivity contribution is 7.89. The molecule has 0 atom stereocenters. The maximum Gasteiger partial charge on any atom is 0.240 e. The number of anilines is 2. The van der Waals surface area contributed by atoms with E-state index in [1.165, 1.54) is 12.1 Å². The van der Waals surface area contributed by atoms with Crippen molar-refractivity contribution in [2.45, 2.75) is 37.6 Å². The van der Waals surface area contributed by atoms with Gasteiger partial charge in [0, 0.05) is 18.5 Å². The van der Waals surface area contributed by atoms with Gasteiger partial charge in [-0.05, 0) is 32.9 Å². The fourth-order valence-corrected chi connectivity index (χ4v) is 2.42. The number of nitrogens with two attached hydrogens (primary N) is 2. The highest BCUT2D eigenvalue weighted by Crippen LogP contribution is 2.25. The first-order valence-electron chi connectivity index (χ1n) is 6.47. The van der Waals surface area contributed by atoms with E-state index < -0.39 is 10.0 Å². The van der Waals surface area contributed by atoms with Crippen LogP contribution in [0, 0.1) is 0 Å². The predicted octanol–water partition coefficient (Wildman–Crippen LogP) is 0.633. The van der Waals surface area contributed by atoms with Crippen LogP contribution in [0.4, 0.5) is 11.4 Å². The fourth-order valence-electron chi connectivity index (χ4n) is 1.74. The van der Waals surface area contributed by atoms with Gasteiger partial charge < -0.3 is 16.4 Å². The number of para-hydroxylation sites is 1. The molecule has 0 aromatic heterocycles. The summed E-state index contributed by atoms with van der Waals surface area (Å²) in [5, 5.41) is 10.8. The van der Waals surface area contributed by atoms with Crippen LogP contribution in [-0.2, 0) is 14.8 Å². The van der Waals surface area contributed by atoms with Crippen LogP contribution >= 0.6 is 0 Å². The number of hydrogen-bond donors (Lipinski definition) is 4. The van der Waals surface area contributed by atoms with Gasteiger partial charge >= 0.3 is 0 Å². The Bertz CT molecular complexity index is 621. The number of amides is 1. The van der Waals surface area contributed by atoms with E-state index in [-0.39, 0.29) is 28.4 Å². The van der Waals surface area contributed by atoms with E-state index in [0.29, 0.717) is 12.2 Å². The van der Waals surface area contributed by atoms with Crippen LogP contribution in [0.1, 0.15) is 27.2 Å². The van der Waals surface area contributed by atoms with E-state index in [2.05, 4.69) is 10.6 Å². The molecule has 8 heteroatoms. The molecule has 7 nitrogen and oxygen atoms in total. The molecule has 0 bridgehead atoms. The number of hydrogen-bond acceptors (Lipinski definition) is 5. The van der Waals surface area contributed by atoms with E-state index in [0.717, 1.165) is 0 Å². The number of primary sulfonamides is 1. The summed E-state index contributed by atoms with van der Waals surface area (Å²) in [7, 11) is -3.87. The monoisotopic (exact) mass is 314 g/mol. The van der Waals surface area contributed by atoms with Gasteiger partial charge in [-0.1, -0.05) is 6.07 Å². The van der Waals surface area contributed by atoms with Crippen molar-refractivity contribution in [3.8, 4) is 0 Å². The molecule has 0 aliphatic carbocycles. The van der Waals surface area contributed by atoms with Gasteiger partial charge in [0.25, 0.3) is 0 Å². The third kappa shape index (κ3) is 5.60. The first-order valence-corrected chi connectivity index (χ1v) is 8.01. The highest BCUT2D eigenvalue weighted by atomic mass is 32.2. The van der Waals surface area contributed by atoms with E-state index >= 15 is 0 Å². The van der Waals surface area contributed by atoms with E-state index in [4.69, 9.17) is 10.9 Å². The van der Waals surface area contributed by atoms with Crippen molar-refractivity contribution in [2.24, 2.45) is 5.14 Å². The van der Waals surface area contributed by atoms with Crippen molar-refractivity contribution in [3.63, 3.8) is 0 Å². The summed E-state index contributed by atoms with van der Waals surface area (Å²) in [6, 6.07) is 4.50. The average molecular weight is 314 g/mol. The average Bonchev–Trinajstić information content (AvgIpc) is 2.27. The molecular weight excluding hydrogens is 292 g/mol. The topological polar surface area (TPSA) is 127 Å². The highest BCUT2D eigenvalue weighted by Gasteiger charge is 2.15. The van der Waals surface area contributed by atoms with Crippen molar-refractivity contribution < 1.29 is 13.2 Å². The largest absolute Gasteiger partial charge is 0.396 e. The number of benzene rings is 1. The normalized spacial score (nSPS) is 12.0. The Labute approximate surface area is 125 Å². The summed E-state index contributed by atoms with van der Waals surface area (Å²) < 4.78 is 22.7. The first-order chi connectivity index (χ1) is 9.50. The van der Waals surface area contributed by atoms with Gasteiger partial charge in [-0.2, -0.15) is 0 Å². The third-order valence-electron chi connectivity index (χ3n) is 2.55. The molecule has 1 aromatic carbocycles. The summed E-state index contributed by atoms with van der Waals surface area (Å²) in [5.74, 6) is -0.101. The van der Waals surface area contributed by atoms with Gasteiger partial charge in [-0.15, -0.1) is 0 Å². The maximum atomic E-state index is 11.7. The number of nitrogen functional groups attached to an aromatic ring is 1. The minimum Gasteiger partial charge on any atom is -0.396 e. The lowest BCUT2D eigenvalue weighted by Gasteiger charge is -2.20. The molecular formula is C13H22N4O3S. The van der Waals surface area contributed by atoms with Crippen molar-refractivity contribution in [1.82, 2.24) is 5.32 Å². The lowest BCUT2D eigenvalue weighted by molar-refractivity contribution is -0.122. The predicted molar refractivity (Wildman–Crippen MR) is 83.2 cm³/mol. The molecule has 0 aliphatic rings. The van der Waals surface area contributed by atoms with Gasteiger partial charge in [0.05, 0.1) is 11.4 Å². The number of rotatable bonds is 5. The minimum atomic E-state index is -3.87. The summed E-state index contributed by atoms with van der Waals surface area (Å²) >= 11 is 0. The summed E-state index contributed by atoms with van der Waals surface area (Å²) in [5.41, 5.74) is 5.97. The third-order valence-corrected chi connectivity index (χ3v) is 3.52. The second kappa shape index (κ2) is 6.31. The van der Waals surface area contributed by atoms with Gasteiger partial charge in [0.1, 0.15) is 4.90 Å². The van der Waals surface area contributed by atoms with Crippen LogP contribution in [0.25, 0.3) is 0 Å². The van der Waals surface area contributed by atoms with Crippen LogP contribution in [0.2, 0.25) is 0 Å². The Morgan fingerprint density at radius 1 is 1.29 bits per heavy atom. The standard InChI is InChI=1S/C13H22N4O3S/c1-13(2,3)17-11(18)7-8-16-9-5-4-6-10(12(9)14)21(15,19)20/h4-6,16H,7-8,14H2,1-3H3,(H,17,18)(H2,15,19,20). The molecule has 118 valence electrons. The lowest BCUT2D eigenvalue weighted by atomic mass is 10.1. The van der Waals surface area contributed by atoms with Gasteiger partial charge in [0.15, 0.2) is 0 Å². The molecule has 0 spiro atoms. The molecule has 0 unspecified atom stereocenters. The number of sulfonamides is 1. The molecule has 1 aromatic rings. The SMILES string of the molecule is CC(C)(C)NC(=O)CCNc1cccc(S(N)(=O)=O)c1N. The zero-order valence-electron chi connectivity index (χ0n) is 12.4. The Morgan fingerprint density at radius 2 is 1.90 bits per heavy atom. The quantitative estimate of drug-likeness (QED) is 0.593. The molecule has 0 fully saturated rings. The molecule has 0 heterocycles. The van der Waals surface area contributed by atoms with Crippen molar-refractivity contribution in [3.05, 3.63) is 18.2 Å². The fraction of sp³-hybridized carbons (Fsp3) is 0.462. The Balaban J connectivity index is 2.68. The lowest BCUT2D eigenvalue weighted by Crippen LogP contribution is -2.41. The van der Waals surface area contributed by atoms with Gasteiger partial charge in [-0.3, -0.25) is 4.79 Å². The molecule has 0 aliphatic heterocycles. The van der Waals surface area contributed by atoms with Crippen molar-refractivity contribution in [1.29, 1.82) is 0 Å². The summed E-state index contributed by atoms with van der Waals surface area (Å²) in [4.78, 5) is 11.5. The zero-order valence-corrected chi connectivity index (χ0v) is 13.3. The summed E-state index contributed by atoms with van der Waals surface area (Å²) in [6.45, 7) is 6.02. The smallest absolute Gasteiger partial charge is 0.240 e. The minimum absolute atomic E-state index is 0.0521. The number of nitrogens with one attached hydrogen (secondary N) is 2. The molecule has 0 saturated carbocycles. The number of carbonyl (C=O) groups excluding carboxylic acids is 1. The van der Waals surface area contributed by atoms with Crippen molar-refractivity contribution >= 4 is 27.3 Å². The molecule has 1 amide bonds. The zero-order chi connectivity index (χ0) is 16.3. The van der Waals surface area contributed by atoms with Crippen LogP contribution in [-0.4, -0.2) is 26.4 Å². The molecule has 0 saturated heterocycles. The summed E-state index contributed by atoms with van der Waals surface area (Å²) in [6.07, 6.45) is 0.246. The van der Waals surface area contributed by atoms with E-state index in [9.17, 15) is 13.2 Å². The van der Waals surface area contributed by atoms with Gasteiger partial charge in [0.2, 0.25) is 15.9 Å². The van der Waals surface area contributed by atoms with Crippen LogP contribution in [0.5, 0.6) is 0 Å². The molecule has 0 radical (unpaired) electrons. The second-order valence-electron chi connectivity index (χ2n) is 5.74. The maximum absolute atomic E-state index is 11.7. The van der Waals surface area contributed by atoms with Crippen molar-refractivity contribution in [2.75, 3.05) is 17.6 Å². The van der Waals surface area contributed by atoms with E-state index in [1.54, 1.807) is 6.07 Å². The Hall–Kier alpha value is -1.80. The van der Waals surface area contributed by atoms with E-state index in [1.807, 2.05) is 20.8 Å². The molecule has 1 rings (SSSR count). The molecule has 6 N–H and O–H groups in total. The Kier molecular flexibility index (Phi) is 5.19.